The van der Waals surface area contributed by atoms with Gasteiger partial charge in [0.25, 0.3) is 0 Å². The first-order valence-corrected chi connectivity index (χ1v) is 4.34. The van der Waals surface area contributed by atoms with Crippen molar-refractivity contribution in [2.45, 2.75) is 32.3 Å². The van der Waals surface area contributed by atoms with Gasteiger partial charge in [0.2, 0.25) is 0 Å². The van der Waals surface area contributed by atoms with Crippen LogP contribution in [-0.2, 0) is 4.57 Å². The first-order valence-electron chi connectivity index (χ1n) is 2.91. The first-order chi connectivity index (χ1) is 3.68. The van der Waals surface area contributed by atoms with Gasteiger partial charge in [-0.05, 0) is 6.42 Å². The zero-order valence-electron chi connectivity index (χ0n) is 5.35. The van der Waals surface area contributed by atoms with Crippen LogP contribution in [0.1, 0.15) is 26.7 Å². The van der Waals surface area contributed by atoms with Crippen molar-refractivity contribution in [3.63, 3.8) is 0 Å². The van der Waals surface area contributed by atoms with Crippen LogP contribution >= 0.6 is 8.03 Å². The molecule has 0 rings (SSSR count). The van der Waals surface area contributed by atoms with Crippen LogP contribution in [0.2, 0.25) is 0 Å². The van der Waals surface area contributed by atoms with E-state index in [9.17, 15) is 4.57 Å². The molecule has 8 heavy (non-hydrogen) atoms. The average molecular weight is 136 g/mol. The summed E-state index contributed by atoms with van der Waals surface area (Å²) in [5, 5.41) is 0. The van der Waals surface area contributed by atoms with E-state index in [1.807, 2.05) is 13.8 Å². The minimum atomic E-state index is -2.22. The highest BCUT2D eigenvalue weighted by atomic mass is 31.1. The van der Waals surface area contributed by atoms with Crippen molar-refractivity contribution < 1.29 is 9.46 Å². The highest BCUT2D eigenvalue weighted by Crippen LogP contribution is 2.24. The maximum atomic E-state index is 10.3. The lowest BCUT2D eigenvalue weighted by Gasteiger charge is -2.02. The Bertz CT molecular complexity index is 82.5. The van der Waals surface area contributed by atoms with E-state index in [1.165, 1.54) is 0 Å². The Morgan fingerprint density at radius 3 is 2.38 bits per heavy atom. The molecule has 0 aromatic rings. The topological polar surface area (TPSA) is 37.3 Å². The van der Waals surface area contributed by atoms with Crippen molar-refractivity contribution >= 4 is 8.03 Å². The molecule has 0 aromatic carbocycles. The standard InChI is InChI=1S/C5H13O2P/c1-3-4-5(2)8(6)7/h5,8H,3-4H2,1-2H3,(H,6,7). The van der Waals surface area contributed by atoms with Crippen molar-refractivity contribution in [3.05, 3.63) is 0 Å². The van der Waals surface area contributed by atoms with Gasteiger partial charge in [-0.15, -0.1) is 0 Å². The lowest BCUT2D eigenvalue weighted by Crippen LogP contribution is -1.92. The Labute approximate surface area is 50.8 Å². The number of hydrogen-bond donors (Lipinski definition) is 1. The fraction of sp³-hybridized carbons (Fsp3) is 1.00. The van der Waals surface area contributed by atoms with Crippen LogP contribution < -0.4 is 0 Å². The number of rotatable bonds is 3. The Hall–Kier alpha value is 0.190. The molecule has 0 aliphatic rings. The van der Waals surface area contributed by atoms with Gasteiger partial charge in [-0.3, -0.25) is 4.57 Å². The van der Waals surface area contributed by atoms with E-state index >= 15 is 0 Å². The van der Waals surface area contributed by atoms with E-state index in [2.05, 4.69) is 0 Å². The van der Waals surface area contributed by atoms with Gasteiger partial charge >= 0.3 is 0 Å². The van der Waals surface area contributed by atoms with Crippen molar-refractivity contribution in [3.8, 4) is 0 Å². The van der Waals surface area contributed by atoms with Gasteiger partial charge in [0.05, 0.1) is 0 Å². The van der Waals surface area contributed by atoms with Crippen molar-refractivity contribution in [2.24, 2.45) is 0 Å². The zero-order chi connectivity index (χ0) is 6.57. The van der Waals surface area contributed by atoms with Crippen molar-refractivity contribution in [2.75, 3.05) is 0 Å². The first kappa shape index (κ1) is 8.19. The fourth-order valence-electron chi connectivity index (χ4n) is 0.556. The van der Waals surface area contributed by atoms with Gasteiger partial charge in [-0.25, -0.2) is 0 Å². The molecule has 2 atom stereocenters. The lowest BCUT2D eigenvalue weighted by molar-refractivity contribution is 0.487. The van der Waals surface area contributed by atoms with Crippen LogP contribution in [0.3, 0.4) is 0 Å². The fourth-order valence-corrected chi connectivity index (χ4v) is 1.09. The summed E-state index contributed by atoms with van der Waals surface area (Å²) in [7, 11) is -2.22. The van der Waals surface area contributed by atoms with Crippen LogP contribution in [0.5, 0.6) is 0 Å². The molecule has 1 N–H and O–H groups in total. The molecule has 0 amide bonds. The molecule has 0 aromatic heterocycles. The summed E-state index contributed by atoms with van der Waals surface area (Å²) in [6.45, 7) is 3.83. The molecule has 50 valence electrons. The maximum absolute atomic E-state index is 10.3. The Balaban J connectivity index is 3.32. The van der Waals surface area contributed by atoms with E-state index < -0.39 is 8.03 Å². The van der Waals surface area contributed by atoms with Crippen LogP contribution in [0.4, 0.5) is 0 Å². The van der Waals surface area contributed by atoms with Gasteiger partial charge in [0, 0.05) is 5.66 Å². The summed E-state index contributed by atoms with van der Waals surface area (Å²) >= 11 is 0. The largest absolute Gasteiger partial charge is 0.346 e. The van der Waals surface area contributed by atoms with Crippen LogP contribution in [-0.4, -0.2) is 10.6 Å². The van der Waals surface area contributed by atoms with Gasteiger partial charge < -0.3 is 4.89 Å². The predicted molar refractivity (Wildman–Crippen MR) is 35.6 cm³/mol. The summed E-state index contributed by atoms with van der Waals surface area (Å²) < 4.78 is 10.3. The van der Waals surface area contributed by atoms with Crippen molar-refractivity contribution in [1.82, 2.24) is 0 Å². The molecular formula is C5H13O2P. The Morgan fingerprint density at radius 1 is 1.75 bits per heavy atom. The molecule has 0 radical (unpaired) electrons. The normalized spacial score (nSPS) is 17.9. The highest BCUT2D eigenvalue weighted by Gasteiger charge is 2.03. The molecule has 0 fully saturated rings. The monoisotopic (exact) mass is 136 g/mol. The molecule has 0 saturated carbocycles. The van der Waals surface area contributed by atoms with E-state index in [1.54, 1.807) is 0 Å². The summed E-state index contributed by atoms with van der Waals surface area (Å²) in [6.07, 6.45) is 1.87. The zero-order valence-corrected chi connectivity index (χ0v) is 6.35. The number of hydrogen-bond acceptors (Lipinski definition) is 1. The Morgan fingerprint density at radius 2 is 2.25 bits per heavy atom. The molecule has 2 nitrogen and oxygen atoms in total. The van der Waals surface area contributed by atoms with E-state index in [-0.39, 0.29) is 5.66 Å². The summed E-state index contributed by atoms with van der Waals surface area (Å²) in [5.74, 6) is 0. The lowest BCUT2D eigenvalue weighted by atomic mass is 10.3. The predicted octanol–water partition coefficient (Wildman–Crippen LogP) is 1.64. The van der Waals surface area contributed by atoms with Crippen LogP contribution in [0.15, 0.2) is 0 Å². The summed E-state index contributed by atoms with van der Waals surface area (Å²) in [6, 6.07) is 0. The average Bonchev–Trinajstić information content (AvgIpc) is 1.67. The quantitative estimate of drug-likeness (QED) is 0.599. The molecule has 3 heteroatoms. The van der Waals surface area contributed by atoms with Crippen LogP contribution in [0.25, 0.3) is 0 Å². The molecule has 0 bridgehead atoms. The molecule has 0 aliphatic heterocycles. The van der Waals surface area contributed by atoms with E-state index in [4.69, 9.17) is 4.89 Å². The molecule has 0 heterocycles. The smallest absolute Gasteiger partial charge is 0.191 e. The summed E-state index contributed by atoms with van der Waals surface area (Å²) in [5.41, 5.74) is 0.0185. The van der Waals surface area contributed by atoms with Crippen molar-refractivity contribution in [1.29, 1.82) is 0 Å². The second-order valence-electron chi connectivity index (χ2n) is 2.03. The van der Waals surface area contributed by atoms with E-state index in [0.717, 1.165) is 12.8 Å². The molecule has 0 spiro atoms. The third kappa shape index (κ3) is 3.23. The van der Waals surface area contributed by atoms with Gasteiger partial charge in [-0.2, -0.15) is 0 Å². The third-order valence-corrected chi connectivity index (χ3v) is 2.28. The summed E-state index contributed by atoms with van der Waals surface area (Å²) in [4.78, 5) is 8.50. The van der Waals surface area contributed by atoms with Gasteiger partial charge in [0.15, 0.2) is 8.03 Å². The van der Waals surface area contributed by atoms with Crippen LogP contribution in [0, 0.1) is 0 Å². The molecule has 0 aliphatic carbocycles. The SMILES string of the molecule is CCCC(C)[PH](=O)O. The minimum absolute atomic E-state index is 0.0185. The third-order valence-electron chi connectivity index (χ3n) is 1.14. The Kier molecular flexibility index (Phi) is 4.20. The van der Waals surface area contributed by atoms with Gasteiger partial charge in [-0.1, -0.05) is 20.3 Å². The second-order valence-corrected chi connectivity index (χ2v) is 3.69. The second kappa shape index (κ2) is 4.11. The van der Waals surface area contributed by atoms with Gasteiger partial charge in [0.1, 0.15) is 0 Å². The molecular weight excluding hydrogens is 123 g/mol. The minimum Gasteiger partial charge on any atom is -0.346 e. The molecule has 0 saturated heterocycles. The maximum Gasteiger partial charge on any atom is 0.191 e. The van der Waals surface area contributed by atoms with E-state index in [0.29, 0.717) is 0 Å². The molecule has 2 unspecified atom stereocenters. The highest BCUT2D eigenvalue weighted by molar-refractivity contribution is 7.38.